The number of hydrogen-bond donors (Lipinski definition) is 3. The summed E-state index contributed by atoms with van der Waals surface area (Å²) in [7, 11) is 1.44. The number of methoxy groups -OCH3 is 1. The molecule has 11 rings (SSSR count). The number of phenolic OH excluding ortho intramolecular Hbond substituents is 1. The van der Waals surface area contributed by atoms with Crippen LogP contribution < -0.4 is 29.9 Å². The van der Waals surface area contributed by atoms with E-state index in [4.69, 9.17) is 25.9 Å². The molecule has 2 aromatic heterocycles. The number of carbonyl (C=O) groups excluding carboxylic acids is 3. The SMILES string of the molecule is C#Cc1c(F)ccc2cc(O)cc(-c3nc(OC)c4c(N5CC(C)NC(C)C5)nc(OCC5(CN6CCN(CC7CCN(c8ccc9c(c8)CN(C8CCC(=O)NC8=O)C9=O)CC7)CC6)CC5)nc4c3F)c12. The van der Waals surface area contributed by atoms with Crippen LogP contribution in [0.25, 0.3) is 32.9 Å². The van der Waals surface area contributed by atoms with Gasteiger partial charge in [0.15, 0.2) is 5.82 Å². The Balaban J connectivity index is 0.742. The highest BCUT2D eigenvalue weighted by Crippen LogP contribution is 2.47. The van der Waals surface area contributed by atoms with E-state index in [0.29, 0.717) is 55.3 Å². The van der Waals surface area contributed by atoms with Crippen LogP contribution in [0.2, 0.25) is 0 Å². The van der Waals surface area contributed by atoms with Gasteiger partial charge in [0.05, 0.1) is 19.3 Å². The number of hydrogen-bond acceptors (Lipinski definition) is 14. The molecule has 3 unspecified atom stereocenters. The molecular weight excluding hydrogens is 923 g/mol. The van der Waals surface area contributed by atoms with E-state index < -0.39 is 23.6 Å². The Morgan fingerprint density at radius 3 is 2.33 bits per heavy atom. The van der Waals surface area contributed by atoms with E-state index in [1.165, 1.54) is 31.4 Å². The predicted molar refractivity (Wildman–Crippen MR) is 268 cm³/mol. The molecule has 0 bridgehead atoms. The van der Waals surface area contributed by atoms with Crippen LogP contribution in [0.1, 0.15) is 73.9 Å². The average Bonchev–Trinajstić information content (AvgIpc) is 4.06. The first-order chi connectivity index (χ1) is 34.8. The third-order valence-electron chi connectivity index (χ3n) is 15.7. The number of piperazine rings is 2. The number of imide groups is 1. The fourth-order valence-electron chi connectivity index (χ4n) is 11.8. The maximum atomic E-state index is 17.4. The van der Waals surface area contributed by atoms with Crippen molar-refractivity contribution in [2.24, 2.45) is 11.3 Å². The van der Waals surface area contributed by atoms with E-state index in [-0.39, 0.29) is 86.5 Å². The monoisotopic (exact) mass is 982 g/mol. The lowest BCUT2D eigenvalue weighted by Crippen LogP contribution is -2.54. The molecule has 72 heavy (non-hydrogen) atoms. The molecule has 7 heterocycles. The molecule has 3 aromatic carbocycles. The highest BCUT2D eigenvalue weighted by atomic mass is 19.1. The van der Waals surface area contributed by atoms with Crippen molar-refractivity contribution in [2.45, 2.75) is 77.0 Å². The van der Waals surface area contributed by atoms with Crippen LogP contribution in [-0.4, -0.2) is 150 Å². The number of halogens is 2. The molecule has 0 radical (unpaired) electrons. The number of rotatable bonds is 12. The number of phenols is 1. The number of ether oxygens (including phenoxy) is 2. The number of pyridine rings is 1. The standard InChI is InChI=1S/C54H60F2N10O6/c1-5-38-41(55)9-6-34-23-37(67)24-40(44(34)38)47-46(56)48-45(51(59-47)71-4)49(65-25-31(2)57-32(3)26-65)61-53(60-48)72-30-54(14-15-54)29-63-20-18-62(19-21-63)27-33-12-16-64(17-13-33)36-7-8-39-35(22-36)28-66(52(39)70)42-10-11-43(68)58-50(42)69/h1,6-9,22-24,31-33,42,57,67H,10-21,25-30H2,2-4H3,(H,58,68,69). The van der Waals surface area contributed by atoms with E-state index in [1.807, 2.05) is 12.1 Å². The molecule has 3 atom stereocenters. The van der Waals surface area contributed by atoms with Crippen LogP contribution >= 0.6 is 0 Å². The minimum atomic E-state index is -0.807. The van der Waals surface area contributed by atoms with Crippen molar-refractivity contribution < 1.29 is 37.7 Å². The van der Waals surface area contributed by atoms with Crippen LogP contribution in [0.5, 0.6) is 17.6 Å². The van der Waals surface area contributed by atoms with Gasteiger partial charge in [0.2, 0.25) is 17.7 Å². The molecule has 1 saturated carbocycles. The largest absolute Gasteiger partial charge is 0.508 e. The Morgan fingerprint density at radius 1 is 0.875 bits per heavy atom. The van der Waals surface area contributed by atoms with Crippen molar-refractivity contribution in [3.05, 3.63) is 70.8 Å². The molecule has 5 aliphatic heterocycles. The second kappa shape index (κ2) is 19.1. The second-order valence-corrected chi connectivity index (χ2v) is 20.9. The summed E-state index contributed by atoms with van der Waals surface area (Å²) in [6.45, 7) is 13.7. The number of nitrogens with one attached hydrogen (secondary N) is 2. The van der Waals surface area contributed by atoms with Crippen molar-refractivity contribution in [3.8, 4) is 41.2 Å². The first-order valence-corrected chi connectivity index (χ1v) is 25.3. The smallest absolute Gasteiger partial charge is 0.319 e. The summed E-state index contributed by atoms with van der Waals surface area (Å²) in [6.07, 6.45) is 10.5. The van der Waals surface area contributed by atoms with Gasteiger partial charge in [0, 0.05) is 118 Å². The predicted octanol–water partition coefficient (Wildman–Crippen LogP) is 5.46. The lowest BCUT2D eigenvalue weighted by molar-refractivity contribution is -0.136. The lowest BCUT2D eigenvalue weighted by Gasteiger charge is -2.40. The van der Waals surface area contributed by atoms with Crippen LogP contribution in [0.4, 0.5) is 20.3 Å². The number of aromatic hydroxyl groups is 1. The summed E-state index contributed by atoms with van der Waals surface area (Å²) in [5, 5.41) is 17.6. The van der Waals surface area contributed by atoms with E-state index in [9.17, 15) is 19.5 Å². The summed E-state index contributed by atoms with van der Waals surface area (Å²) in [5.41, 5.74) is 2.32. The number of terminal acetylenes is 1. The zero-order valence-corrected chi connectivity index (χ0v) is 41.0. The molecule has 16 nitrogen and oxygen atoms in total. The topological polar surface area (TPSA) is 169 Å². The highest BCUT2D eigenvalue weighted by Gasteiger charge is 2.46. The van der Waals surface area contributed by atoms with Gasteiger partial charge in [0.25, 0.3) is 5.91 Å². The van der Waals surface area contributed by atoms with Gasteiger partial charge >= 0.3 is 6.01 Å². The summed E-state index contributed by atoms with van der Waals surface area (Å²) in [6, 6.07) is 11.1. The Bertz CT molecular complexity index is 3030. The van der Waals surface area contributed by atoms with Crippen LogP contribution in [-0.2, 0) is 16.1 Å². The number of carbonyl (C=O) groups is 3. The molecule has 3 N–H and O–H groups in total. The maximum Gasteiger partial charge on any atom is 0.319 e. The van der Waals surface area contributed by atoms with Crippen molar-refractivity contribution >= 4 is 50.9 Å². The minimum Gasteiger partial charge on any atom is -0.508 e. The van der Waals surface area contributed by atoms with Crippen LogP contribution in [0.3, 0.4) is 0 Å². The first kappa shape index (κ1) is 47.6. The quantitative estimate of drug-likeness (QED) is 0.107. The summed E-state index contributed by atoms with van der Waals surface area (Å²) < 4.78 is 44.9. The van der Waals surface area contributed by atoms with Gasteiger partial charge in [-0.15, -0.1) is 6.42 Å². The highest BCUT2D eigenvalue weighted by molar-refractivity contribution is 6.06. The molecule has 5 fully saturated rings. The molecular formula is C54H60F2N10O6. The lowest BCUT2D eigenvalue weighted by atomic mass is 9.95. The summed E-state index contributed by atoms with van der Waals surface area (Å²) in [5.74, 6) is 1.03. The van der Waals surface area contributed by atoms with Gasteiger partial charge in [-0.25, -0.2) is 13.8 Å². The fourth-order valence-corrected chi connectivity index (χ4v) is 11.8. The Labute approximate surface area is 417 Å². The Kier molecular flexibility index (Phi) is 12.6. The molecule has 1 aliphatic carbocycles. The van der Waals surface area contributed by atoms with Gasteiger partial charge in [-0.05, 0) is 99.2 Å². The van der Waals surface area contributed by atoms with Gasteiger partial charge in [-0.3, -0.25) is 19.7 Å². The van der Waals surface area contributed by atoms with Gasteiger partial charge in [-0.2, -0.15) is 9.97 Å². The number of nitrogens with zero attached hydrogens (tertiary/aromatic N) is 8. The minimum absolute atomic E-state index is 0.0374. The Morgan fingerprint density at radius 2 is 1.62 bits per heavy atom. The Hall–Kier alpha value is -6.68. The van der Waals surface area contributed by atoms with Crippen molar-refractivity contribution in [2.75, 3.05) is 89.0 Å². The number of aromatic nitrogens is 3. The normalized spacial score (nSPS) is 22.9. The molecule has 6 aliphatic rings. The summed E-state index contributed by atoms with van der Waals surface area (Å²) >= 11 is 0. The van der Waals surface area contributed by atoms with Crippen molar-refractivity contribution in [1.29, 1.82) is 0 Å². The molecule has 376 valence electrons. The first-order valence-electron chi connectivity index (χ1n) is 25.3. The number of piperidine rings is 2. The van der Waals surface area contributed by atoms with Gasteiger partial charge in [-0.1, -0.05) is 12.0 Å². The van der Waals surface area contributed by atoms with E-state index in [2.05, 4.69) is 61.1 Å². The third kappa shape index (κ3) is 9.11. The van der Waals surface area contributed by atoms with E-state index in [1.54, 1.807) is 4.90 Å². The van der Waals surface area contributed by atoms with Gasteiger partial charge in [0.1, 0.15) is 40.0 Å². The maximum absolute atomic E-state index is 17.4. The molecule has 5 aromatic rings. The second-order valence-electron chi connectivity index (χ2n) is 20.9. The third-order valence-corrected chi connectivity index (χ3v) is 15.7. The van der Waals surface area contributed by atoms with E-state index >= 15 is 8.78 Å². The summed E-state index contributed by atoms with van der Waals surface area (Å²) in [4.78, 5) is 63.0. The zero-order valence-electron chi connectivity index (χ0n) is 41.0. The zero-order chi connectivity index (χ0) is 50.0. The average molecular weight is 983 g/mol. The molecule has 4 saturated heterocycles. The number of anilines is 2. The van der Waals surface area contributed by atoms with E-state index in [0.717, 1.165) is 89.3 Å². The van der Waals surface area contributed by atoms with Crippen molar-refractivity contribution in [1.82, 2.24) is 40.3 Å². The molecule has 18 heteroatoms. The number of fused-ring (bicyclic) bond motifs is 3. The fraction of sp³-hybridized carbons (Fsp3) is 0.481. The van der Waals surface area contributed by atoms with Gasteiger partial charge < -0.3 is 44.4 Å². The molecule has 0 spiro atoms. The van der Waals surface area contributed by atoms with Crippen LogP contribution in [0, 0.1) is 35.3 Å². The van der Waals surface area contributed by atoms with Crippen molar-refractivity contribution in [3.63, 3.8) is 0 Å². The molecule has 3 amide bonds. The van der Waals surface area contributed by atoms with Crippen LogP contribution in [0.15, 0.2) is 42.5 Å². The number of amides is 3. The number of benzene rings is 3.